The predicted molar refractivity (Wildman–Crippen MR) is 103 cm³/mol. The number of carbonyl (C=O) groups is 1. The monoisotopic (exact) mass is 380 g/mol. The maximum Gasteiger partial charge on any atom is 0.346 e. The van der Waals surface area contributed by atoms with Gasteiger partial charge in [-0.1, -0.05) is 42.5 Å². The summed E-state index contributed by atoms with van der Waals surface area (Å²) >= 11 is 0. The summed E-state index contributed by atoms with van der Waals surface area (Å²) < 4.78 is 16.1. The molecule has 0 aliphatic heterocycles. The number of halogens is 1. The van der Waals surface area contributed by atoms with Crippen LogP contribution in [-0.2, 0) is 17.8 Å². The highest BCUT2D eigenvalue weighted by molar-refractivity contribution is 5.78. The van der Waals surface area contributed by atoms with E-state index in [2.05, 4.69) is 10.4 Å². The Morgan fingerprint density at radius 3 is 2.50 bits per heavy atom. The zero-order chi connectivity index (χ0) is 19.5. The Hall–Kier alpha value is -3.22. The van der Waals surface area contributed by atoms with Gasteiger partial charge in [-0.05, 0) is 30.5 Å². The number of rotatable bonds is 7. The molecule has 4 rings (SSSR count). The van der Waals surface area contributed by atoms with E-state index in [0.717, 1.165) is 24.0 Å². The summed E-state index contributed by atoms with van der Waals surface area (Å²) in [6.07, 6.45) is 2.14. The third kappa shape index (κ3) is 4.03. The highest BCUT2D eigenvalue weighted by Crippen LogP contribution is 2.36. The summed E-state index contributed by atoms with van der Waals surface area (Å²) in [4.78, 5) is 24.8. The van der Waals surface area contributed by atoms with Gasteiger partial charge in [0.25, 0.3) is 0 Å². The molecule has 1 amide bonds. The first-order chi connectivity index (χ1) is 13.6. The van der Waals surface area contributed by atoms with Crippen LogP contribution < -0.4 is 11.0 Å². The van der Waals surface area contributed by atoms with Gasteiger partial charge in [-0.25, -0.2) is 13.9 Å². The van der Waals surface area contributed by atoms with Crippen molar-refractivity contribution < 1.29 is 9.18 Å². The lowest BCUT2D eigenvalue weighted by Gasteiger charge is -2.05. The van der Waals surface area contributed by atoms with Crippen molar-refractivity contribution in [3.8, 4) is 11.4 Å². The first kappa shape index (κ1) is 18.2. The molecule has 1 fully saturated rings. The van der Waals surface area contributed by atoms with Gasteiger partial charge in [-0.3, -0.25) is 9.36 Å². The number of aromatic nitrogens is 3. The third-order valence-corrected chi connectivity index (χ3v) is 4.74. The molecule has 0 bridgehead atoms. The first-order valence-corrected chi connectivity index (χ1v) is 9.38. The lowest BCUT2D eigenvalue weighted by Crippen LogP contribution is -2.32. The number of nitrogens with zero attached hydrogens (tertiary/aromatic N) is 3. The van der Waals surface area contributed by atoms with Gasteiger partial charge in [0.15, 0.2) is 5.82 Å². The van der Waals surface area contributed by atoms with E-state index in [1.807, 2.05) is 30.3 Å². The van der Waals surface area contributed by atoms with Crippen molar-refractivity contribution in [3.63, 3.8) is 0 Å². The molecule has 1 aliphatic rings. The van der Waals surface area contributed by atoms with Gasteiger partial charge >= 0.3 is 5.69 Å². The van der Waals surface area contributed by atoms with Crippen LogP contribution in [0.4, 0.5) is 4.39 Å². The Balaban J connectivity index is 1.42. The minimum atomic E-state index is -0.330. The van der Waals surface area contributed by atoms with E-state index in [4.69, 9.17) is 0 Å². The molecule has 6 nitrogen and oxygen atoms in total. The molecular formula is C21H21FN4O2. The largest absolute Gasteiger partial charge is 0.354 e. The van der Waals surface area contributed by atoms with E-state index < -0.39 is 0 Å². The quantitative estimate of drug-likeness (QED) is 0.685. The summed E-state index contributed by atoms with van der Waals surface area (Å²) in [6.45, 7) is 0.601. The number of benzene rings is 2. The van der Waals surface area contributed by atoms with Gasteiger partial charge < -0.3 is 5.32 Å². The molecule has 1 aliphatic carbocycles. The maximum absolute atomic E-state index is 12.9. The molecule has 2 aromatic carbocycles. The van der Waals surface area contributed by atoms with E-state index >= 15 is 0 Å². The van der Waals surface area contributed by atoms with Gasteiger partial charge in [-0.15, -0.1) is 5.10 Å². The molecule has 1 N–H and O–H groups in total. The Morgan fingerprint density at radius 1 is 1.11 bits per heavy atom. The molecule has 0 saturated heterocycles. The minimum Gasteiger partial charge on any atom is -0.354 e. The van der Waals surface area contributed by atoms with Crippen LogP contribution in [0.1, 0.15) is 24.4 Å². The van der Waals surface area contributed by atoms with E-state index in [1.165, 1.54) is 16.8 Å². The average Bonchev–Trinajstić information content (AvgIpc) is 3.48. The van der Waals surface area contributed by atoms with Crippen molar-refractivity contribution in [3.05, 3.63) is 76.5 Å². The zero-order valence-corrected chi connectivity index (χ0v) is 15.3. The predicted octanol–water partition coefficient (Wildman–Crippen LogP) is 2.54. The smallest absolute Gasteiger partial charge is 0.346 e. The Kier molecular flexibility index (Phi) is 5.06. The number of carbonyl (C=O) groups excluding carboxylic acids is 1. The molecule has 0 radical (unpaired) electrons. The van der Waals surface area contributed by atoms with Crippen LogP contribution >= 0.6 is 0 Å². The summed E-state index contributed by atoms with van der Waals surface area (Å²) in [7, 11) is 0. The molecule has 0 unspecified atom stereocenters. The Labute approximate surface area is 161 Å². The van der Waals surface area contributed by atoms with Crippen molar-refractivity contribution in [2.75, 3.05) is 6.54 Å². The Morgan fingerprint density at radius 2 is 1.82 bits per heavy atom. The first-order valence-electron chi connectivity index (χ1n) is 9.38. The molecule has 1 heterocycles. The molecule has 28 heavy (non-hydrogen) atoms. The zero-order valence-electron chi connectivity index (χ0n) is 15.3. The minimum absolute atomic E-state index is 0.144. The fraction of sp³-hybridized carbons (Fsp3) is 0.286. The summed E-state index contributed by atoms with van der Waals surface area (Å²) in [5, 5.41) is 7.30. The van der Waals surface area contributed by atoms with Crippen LogP contribution in [0.2, 0.25) is 0 Å². The summed E-state index contributed by atoms with van der Waals surface area (Å²) in [5.74, 6) is 0.166. The van der Waals surface area contributed by atoms with Crippen molar-refractivity contribution in [1.82, 2.24) is 19.7 Å². The molecular weight excluding hydrogens is 359 g/mol. The van der Waals surface area contributed by atoms with Crippen molar-refractivity contribution in [1.29, 1.82) is 0 Å². The number of nitrogens with one attached hydrogen (secondary N) is 1. The van der Waals surface area contributed by atoms with Crippen molar-refractivity contribution >= 4 is 5.91 Å². The van der Waals surface area contributed by atoms with Crippen LogP contribution in [0.3, 0.4) is 0 Å². The highest BCUT2D eigenvalue weighted by Gasteiger charge is 2.30. The SMILES string of the molecule is O=C(Cc1ccc(F)cc1)NCCn1nc(-c2ccccc2)n(C2CC2)c1=O. The molecule has 3 aromatic rings. The third-order valence-electron chi connectivity index (χ3n) is 4.74. The van der Waals surface area contributed by atoms with E-state index in [0.29, 0.717) is 18.9 Å². The lowest BCUT2D eigenvalue weighted by molar-refractivity contribution is -0.120. The van der Waals surface area contributed by atoms with E-state index in [9.17, 15) is 14.0 Å². The van der Waals surface area contributed by atoms with Gasteiger partial charge in [0.05, 0.1) is 13.0 Å². The molecule has 7 heteroatoms. The molecule has 0 spiro atoms. The van der Waals surface area contributed by atoms with Crippen molar-refractivity contribution in [2.45, 2.75) is 31.8 Å². The highest BCUT2D eigenvalue weighted by atomic mass is 19.1. The number of hydrogen-bond acceptors (Lipinski definition) is 3. The van der Waals surface area contributed by atoms with Crippen molar-refractivity contribution in [2.24, 2.45) is 0 Å². The summed E-state index contributed by atoms with van der Waals surface area (Å²) in [5.41, 5.74) is 1.50. The second-order valence-electron chi connectivity index (χ2n) is 6.95. The van der Waals surface area contributed by atoms with Crippen LogP contribution in [-0.4, -0.2) is 26.8 Å². The standard InChI is InChI=1S/C21H21FN4O2/c22-17-8-6-15(7-9-17)14-19(27)23-12-13-25-21(28)26(18-10-11-18)20(24-25)16-4-2-1-3-5-16/h1-9,18H,10-14H2,(H,23,27). The number of amides is 1. The van der Waals surface area contributed by atoms with Crippen LogP contribution in [0, 0.1) is 5.82 Å². The lowest BCUT2D eigenvalue weighted by atomic mass is 10.1. The maximum atomic E-state index is 12.9. The second kappa shape index (κ2) is 7.80. The van der Waals surface area contributed by atoms with Gasteiger partial charge in [0.2, 0.25) is 5.91 Å². The van der Waals surface area contributed by atoms with Gasteiger partial charge in [0.1, 0.15) is 5.82 Å². The van der Waals surface area contributed by atoms with Crippen LogP contribution in [0.15, 0.2) is 59.4 Å². The van der Waals surface area contributed by atoms with Gasteiger partial charge in [0, 0.05) is 18.2 Å². The second-order valence-corrected chi connectivity index (χ2v) is 6.95. The summed E-state index contributed by atoms with van der Waals surface area (Å²) in [6, 6.07) is 15.7. The molecule has 0 atom stereocenters. The molecule has 144 valence electrons. The van der Waals surface area contributed by atoms with E-state index in [1.54, 1.807) is 16.7 Å². The topological polar surface area (TPSA) is 68.9 Å². The Bertz CT molecular complexity index is 1020. The molecule has 1 aromatic heterocycles. The fourth-order valence-corrected chi connectivity index (χ4v) is 3.16. The normalized spacial score (nSPS) is 13.5. The fourth-order valence-electron chi connectivity index (χ4n) is 3.16. The average molecular weight is 380 g/mol. The van der Waals surface area contributed by atoms with E-state index in [-0.39, 0.29) is 29.9 Å². The number of hydrogen-bond donors (Lipinski definition) is 1. The van der Waals surface area contributed by atoms with Crippen LogP contribution in [0.5, 0.6) is 0 Å². The molecule has 1 saturated carbocycles. The van der Waals surface area contributed by atoms with Crippen LogP contribution in [0.25, 0.3) is 11.4 Å². The van der Waals surface area contributed by atoms with Gasteiger partial charge in [-0.2, -0.15) is 0 Å².